The molecule has 5 heteroatoms. The van der Waals surface area contributed by atoms with Gasteiger partial charge in [-0.05, 0) is 32.1 Å². The van der Waals surface area contributed by atoms with E-state index in [1.54, 1.807) is 0 Å². The average molecular weight is 282 g/mol. The van der Waals surface area contributed by atoms with Gasteiger partial charge in [0, 0.05) is 18.3 Å². The van der Waals surface area contributed by atoms with Crippen LogP contribution in [0.25, 0.3) is 0 Å². The van der Waals surface area contributed by atoms with Crippen LogP contribution in [0.3, 0.4) is 0 Å². The Morgan fingerprint density at radius 1 is 1.10 bits per heavy atom. The molecule has 0 aromatic rings. The van der Waals surface area contributed by atoms with Crippen LogP contribution in [0.4, 0.5) is 0 Å². The summed E-state index contributed by atoms with van der Waals surface area (Å²) in [6, 6.07) is 0. The molecule has 7 atom stereocenters. The van der Waals surface area contributed by atoms with E-state index in [2.05, 4.69) is 6.92 Å². The summed E-state index contributed by atoms with van der Waals surface area (Å²) in [6.45, 7) is 6.06. The second-order valence-electron chi connectivity index (χ2n) is 7.14. The summed E-state index contributed by atoms with van der Waals surface area (Å²) in [7, 11) is 0. The summed E-state index contributed by atoms with van der Waals surface area (Å²) in [5.41, 5.74) is -0.610. The van der Waals surface area contributed by atoms with Crippen molar-refractivity contribution in [1.29, 1.82) is 0 Å². The van der Waals surface area contributed by atoms with Crippen LogP contribution in [0.5, 0.6) is 0 Å². The standard InChI is InChI=1S/C15H22O5/c1-8-4-5-11-9(2)12(16)17-13-15(11)10(8)6-7-14(3,18-13)19-20-15/h8-11,13H,4-7H2,1-3H3/t8?,9?,10?,11?,13?,14-,15-/m1/s1. The van der Waals surface area contributed by atoms with Gasteiger partial charge in [-0.1, -0.05) is 13.8 Å². The van der Waals surface area contributed by atoms with Crippen LogP contribution < -0.4 is 0 Å². The minimum Gasteiger partial charge on any atom is -0.432 e. The molecule has 5 fully saturated rings. The smallest absolute Gasteiger partial charge is 0.311 e. The molecule has 0 N–H and O–H groups in total. The van der Waals surface area contributed by atoms with Crippen molar-refractivity contribution in [3.05, 3.63) is 0 Å². The van der Waals surface area contributed by atoms with E-state index in [0.29, 0.717) is 11.8 Å². The van der Waals surface area contributed by atoms with E-state index in [1.165, 1.54) is 0 Å². The van der Waals surface area contributed by atoms with Gasteiger partial charge in [-0.15, -0.1) is 0 Å². The van der Waals surface area contributed by atoms with Gasteiger partial charge in [0.25, 0.3) is 0 Å². The Kier molecular flexibility index (Phi) is 2.58. The molecule has 5 unspecified atom stereocenters. The fraction of sp³-hybridized carbons (Fsp3) is 0.933. The van der Waals surface area contributed by atoms with E-state index >= 15 is 0 Å². The van der Waals surface area contributed by atoms with Gasteiger partial charge < -0.3 is 9.47 Å². The Hall–Kier alpha value is -0.650. The molecule has 5 nitrogen and oxygen atoms in total. The number of hydrogen-bond acceptors (Lipinski definition) is 5. The van der Waals surface area contributed by atoms with E-state index in [4.69, 9.17) is 19.2 Å². The van der Waals surface area contributed by atoms with Gasteiger partial charge in [0.15, 0.2) is 5.60 Å². The SMILES string of the molecule is CC1CCC2C(C)C(=O)OC3O[C@@]4(C)CCC1[C@]32OO4. The quantitative estimate of drug-likeness (QED) is 0.504. The molecule has 4 aliphatic heterocycles. The number of esters is 1. The fourth-order valence-corrected chi connectivity index (χ4v) is 4.76. The van der Waals surface area contributed by atoms with Crippen molar-refractivity contribution in [2.75, 3.05) is 0 Å². The topological polar surface area (TPSA) is 54.0 Å². The van der Waals surface area contributed by atoms with Gasteiger partial charge in [0.05, 0.1) is 5.92 Å². The minimum atomic E-state index is -0.793. The van der Waals surface area contributed by atoms with Crippen LogP contribution >= 0.6 is 0 Å². The third kappa shape index (κ3) is 1.46. The van der Waals surface area contributed by atoms with E-state index < -0.39 is 17.7 Å². The molecule has 1 spiro atoms. The van der Waals surface area contributed by atoms with Crippen LogP contribution in [0, 0.1) is 23.7 Å². The second kappa shape index (κ2) is 3.96. The van der Waals surface area contributed by atoms with E-state index in [-0.39, 0.29) is 17.8 Å². The van der Waals surface area contributed by atoms with E-state index in [0.717, 1.165) is 25.7 Å². The highest BCUT2D eigenvalue weighted by Crippen LogP contribution is 2.59. The Morgan fingerprint density at radius 3 is 2.70 bits per heavy atom. The lowest BCUT2D eigenvalue weighted by atomic mass is 9.58. The number of carbonyl (C=O) groups is 1. The van der Waals surface area contributed by atoms with Crippen molar-refractivity contribution < 1.29 is 24.0 Å². The lowest BCUT2D eigenvalue weighted by molar-refractivity contribution is -0.559. The van der Waals surface area contributed by atoms with Crippen LogP contribution in [-0.2, 0) is 24.0 Å². The molecule has 4 heterocycles. The Labute approximate surface area is 118 Å². The zero-order valence-corrected chi connectivity index (χ0v) is 12.3. The lowest BCUT2D eigenvalue weighted by Crippen LogP contribution is -2.69. The van der Waals surface area contributed by atoms with Gasteiger partial charge in [0.2, 0.25) is 12.1 Å². The largest absolute Gasteiger partial charge is 0.432 e. The third-order valence-corrected chi connectivity index (χ3v) is 5.97. The maximum atomic E-state index is 12.1. The summed E-state index contributed by atoms with van der Waals surface area (Å²) in [4.78, 5) is 23.7. The number of ether oxygens (including phenoxy) is 2. The summed E-state index contributed by atoms with van der Waals surface area (Å²) in [6.07, 6.45) is 3.24. The molecule has 1 aliphatic carbocycles. The first-order valence-corrected chi connectivity index (χ1v) is 7.71. The molecule has 1 saturated carbocycles. The molecule has 5 aliphatic rings. The zero-order chi connectivity index (χ0) is 14.1. The Balaban J connectivity index is 1.84. The molecule has 0 amide bonds. The number of rotatable bonds is 0. The molecule has 5 rings (SSSR count). The van der Waals surface area contributed by atoms with Crippen LogP contribution in [0.15, 0.2) is 0 Å². The van der Waals surface area contributed by atoms with Crippen molar-refractivity contribution in [2.24, 2.45) is 23.7 Å². The molecule has 20 heavy (non-hydrogen) atoms. The predicted octanol–water partition coefficient (Wildman–Crippen LogP) is 2.39. The molecule has 0 aromatic heterocycles. The zero-order valence-electron chi connectivity index (χ0n) is 12.3. The van der Waals surface area contributed by atoms with Gasteiger partial charge in [-0.3, -0.25) is 4.79 Å². The first-order chi connectivity index (χ1) is 9.46. The second-order valence-corrected chi connectivity index (χ2v) is 7.14. The van der Waals surface area contributed by atoms with Gasteiger partial charge in [0.1, 0.15) is 0 Å². The Bertz CT molecular complexity index is 452. The Morgan fingerprint density at radius 2 is 1.90 bits per heavy atom. The molecular formula is C15H22O5. The van der Waals surface area contributed by atoms with Gasteiger partial charge >= 0.3 is 5.97 Å². The van der Waals surface area contributed by atoms with Gasteiger partial charge in [-0.2, -0.15) is 0 Å². The molecule has 4 saturated heterocycles. The highest BCUT2D eigenvalue weighted by Gasteiger charge is 2.69. The van der Waals surface area contributed by atoms with Crippen LogP contribution in [0.1, 0.15) is 46.5 Å². The monoisotopic (exact) mass is 282 g/mol. The molecule has 2 bridgehead atoms. The molecule has 0 aromatic carbocycles. The maximum Gasteiger partial charge on any atom is 0.311 e. The maximum absolute atomic E-state index is 12.1. The fourth-order valence-electron chi connectivity index (χ4n) is 4.76. The predicted molar refractivity (Wildman–Crippen MR) is 68.0 cm³/mol. The highest BCUT2D eigenvalue weighted by molar-refractivity contribution is 5.74. The van der Waals surface area contributed by atoms with Crippen molar-refractivity contribution in [3.8, 4) is 0 Å². The normalized spacial score (nSPS) is 57.8. The number of fused-ring (bicyclic) bond motifs is 2. The van der Waals surface area contributed by atoms with Crippen LogP contribution in [-0.4, -0.2) is 23.6 Å². The van der Waals surface area contributed by atoms with Crippen molar-refractivity contribution >= 4 is 5.97 Å². The first-order valence-electron chi connectivity index (χ1n) is 7.71. The third-order valence-electron chi connectivity index (χ3n) is 5.97. The van der Waals surface area contributed by atoms with Gasteiger partial charge in [-0.25, -0.2) is 9.78 Å². The lowest BCUT2D eigenvalue weighted by Gasteiger charge is -2.57. The summed E-state index contributed by atoms with van der Waals surface area (Å²) in [5, 5.41) is 0. The van der Waals surface area contributed by atoms with Crippen molar-refractivity contribution in [1.82, 2.24) is 0 Å². The van der Waals surface area contributed by atoms with Crippen molar-refractivity contribution in [2.45, 2.75) is 64.1 Å². The minimum absolute atomic E-state index is 0.123. The molecule has 0 radical (unpaired) electrons. The highest BCUT2D eigenvalue weighted by atomic mass is 17.3. The average Bonchev–Trinajstić information content (AvgIpc) is 2.63. The molecule has 112 valence electrons. The van der Waals surface area contributed by atoms with E-state index in [1.807, 2.05) is 13.8 Å². The van der Waals surface area contributed by atoms with Crippen LogP contribution in [0.2, 0.25) is 0 Å². The molecular weight excluding hydrogens is 260 g/mol. The number of hydrogen-bond donors (Lipinski definition) is 0. The summed E-state index contributed by atoms with van der Waals surface area (Å²) >= 11 is 0. The number of carbonyl (C=O) groups excluding carboxylic acids is 1. The summed E-state index contributed by atoms with van der Waals surface area (Å²) in [5.74, 6) is -0.137. The van der Waals surface area contributed by atoms with Crippen molar-refractivity contribution in [3.63, 3.8) is 0 Å². The van der Waals surface area contributed by atoms with E-state index in [9.17, 15) is 4.79 Å². The summed E-state index contributed by atoms with van der Waals surface area (Å²) < 4.78 is 11.6. The first kappa shape index (κ1) is 13.0.